The second kappa shape index (κ2) is 6.33. The van der Waals surface area contributed by atoms with Crippen LogP contribution in [0.5, 0.6) is 0 Å². The zero-order valence-electron chi connectivity index (χ0n) is 12.8. The number of aromatic nitrogens is 1. The first-order valence-corrected chi connectivity index (χ1v) is 7.18. The van der Waals surface area contributed by atoms with Crippen molar-refractivity contribution in [3.63, 3.8) is 0 Å². The number of aryl methyl sites for hydroxylation is 1. The van der Waals surface area contributed by atoms with Crippen LogP contribution in [0.15, 0.2) is 59.7 Å². The minimum absolute atomic E-state index is 0.00619. The van der Waals surface area contributed by atoms with Crippen molar-refractivity contribution in [1.82, 2.24) is 9.99 Å². The number of nitrogens with zero attached hydrogens (tertiary/aromatic N) is 3. The zero-order valence-corrected chi connectivity index (χ0v) is 12.8. The number of carbonyl (C=O) groups excluding carboxylic acids is 1. The van der Waals surface area contributed by atoms with Gasteiger partial charge in [-0.1, -0.05) is 18.2 Å². The number of fused-ring (bicyclic) bond motifs is 1. The normalized spacial score (nSPS) is 11.0. The van der Waals surface area contributed by atoms with E-state index in [2.05, 4.69) is 10.5 Å². The van der Waals surface area contributed by atoms with Crippen molar-refractivity contribution in [3.05, 3.63) is 76.0 Å². The minimum Gasteiger partial charge on any atom is -0.340 e. The van der Waals surface area contributed by atoms with Crippen molar-refractivity contribution in [3.8, 4) is 0 Å². The van der Waals surface area contributed by atoms with Crippen molar-refractivity contribution in [2.45, 2.75) is 0 Å². The lowest BCUT2D eigenvalue weighted by atomic mass is 10.2. The molecule has 0 fully saturated rings. The number of nitrogens with one attached hydrogen (secondary N) is 1. The van der Waals surface area contributed by atoms with Crippen LogP contribution in [0.4, 0.5) is 5.69 Å². The fourth-order valence-electron chi connectivity index (χ4n) is 2.41. The minimum atomic E-state index is -0.469. The average molecular weight is 322 g/mol. The van der Waals surface area contributed by atoms with Crippen LogP contribution in [-0.4, -0.2) is 21.6 Å². The average Bonchev–Trinajstić information content (AvgIpc) is 2.93. The van der Waals surface area contributed by atoms with E-state index in [9.17, 15) is 14.9 Å². The highest BCUT2D eigenvalue weighted by molar-refractivity contribution is 5.99. The van der Waals surface area contributed by atoms with Gasteiger partial charge in [0, 0.05) is 30.1 Å². The summed E-state index contributed by atoms with van der Waals surface area (Å²) in [4.78, 5) is 22.4. The summed E-state index contributed by atoms with van der Waals surface area (Å²) in [7, 11) is 1.82. The zero-order chi connectivity index (χ0) is 17.1. The van der Waals surface area contributed by atoms with Gasteiger partial charge in [0.05, 0.1) is 11.1 Å². The summed E-state index contributed by atoms with van der Waals surface area (Å²) in [5, 5.41) is 15.5. The van der Waals surface area contributed by atoms with Gasteiger partial charge in [0.1, 0.15) is 5.69 Å². The van der Waals surface area contributed by atoms with Gasteiger partial charge in [0.2, 0.25) is 0 Å². The van der Waals surface area contributed by atoms with Crippen molar-refractivity contribution in [2.24, 2.45) is 12.1 Å². The number of nitro groups is 1. The molecule has 0 aliphatic heterocycles. The highest BCUT2D eigenvalue weighted by Crippen LogP contribution is 2.18. The van der Waals surface area contributed by atoms with Crippen LogP contribution >= 0.6 is 0 Å². The van der Waals surface area contributed by atoms with E-state index in [0.29, 0.717) is 11.3 Å². The van der Waals surface area contributed by atoms with Crippen LogP contribution in [0.1, 0.15) is 16.1 Å². The highest BCUT2D eigenvalue weighted by Gasteiger charge is 2.12. The van der Waals surface area contributed by atoms with E-state index in [0.717, 1.165) is 10.9 Å². The van der Waals surface area contributed by atoms with Crippen LogP contribution in [-0.2, 0) is 7.05 Å². The number of hydrazone groups is 1. The first-order chi connectivity index (χ1) is 11.6. The Hall–Kier alpha value is -3.48. The van der Waals surface area contributed by atoms with Gasteiger partial charge in [-0.2, -0.15) is 5.10 Å². The molecule has 0 saturated carbocycles. The third-order valence-corrected chi connectivity index (χ3v) is 3.67. The summed E-state index contributed by atoms with van der Waals surface area (Å²) in [5.41, 5.74) is 4.58. The van der Waals surface area contributed by atoms with E-state index in [1.54, 1.807) is 22.8 Å². The van der Waals surface area contributed by atoms with Crippen LogP contribution in [0.25, 0.3) is 10.9 Å². The summed E-state index contributed by atoms with van der Waals surface area (Å²) in [6.07, 6.45) is 1.43. The molecule has 0 aliphatic rings. The Morgan fingerprint density at radius 2 is 1.92 bits per heavy atom. The molecular formula is C17H14N4O3. The van der Waals surface area contributed by atoms with Gasteiger partial charge in [0.15, 0.2) is 0 Å². The lowest BCUT2D eigenvalue weighted by molar-refractivity contribution is -0.384. The summed E-state index contributed by atoms with van der Waals surface area (Å²) in [6.45, 7) is 0. The molecule has 0 atom stereocenters. The number of carbonyl (C=O) groups is 1. The van der Waals surface area contributed by atoms with Crippen LogP contribution in [0.2, 0.25) is 0 Å². The molecule has 3 rings (SSSR count). The number of nitro benzene ring substituents is 1. The first-order valence-electron chi connectivity index (χ1n) is 7.18. The van der Waals surface area contributed by atoms with E-state index in [1.165, 1.54) is 18.3 Å². The molecule has 2 aromatic carbocycles. The molecule has 7 heteroatoms. The van der Waals surface area contributed by atoms with E-state index in [4.69, 9.17) is 0 Å². The molecule has 1 aromatic heterocycles. The van der Waals surface area contributed by atoms with Gasteiger partial charge >= 0.3 is 0 Å². The van der Waals surface area contributed by atoms with E-state index >= 15 is 0 Å². The summed E-state index contributed by atoms with van der Waals surface area (Å²) in [6, 6.07) is 15.4. The number of benzene rings is 2. The van der Waals surface area contributed by atoms with Gasteiger partial charge < -0.3 is 4.57 Å². The number of hydrogen-bond acceptors (Lipinski definition) is 4. The second-order valence-electron chi connectivity index (χ2n) is 5.20. The molecular weight excluding hydrogens is 308 g/mol. The lowest BCUT2D eigenvalue weighted by Crippen LogP contribution is -2.20. The molecule has 120 valence electrons. The Morgan fingerprint density at radius 3 is 2.58 bits per heavy atom. The topological polar surface area (TPSA) is 89.5 Å². The molecule has 1 N–H and O–H groups in total. The molecule has 7 nitrogen and oxygen atoms in total. The molecule has 0 radical (unpaired) electrons. The predicted molar refractivity (Wildman–Crippen MR) is 91.1 cm³/mol. The molecule has 1 heterocycles. The van der Waals surface area contributed by atoms with E-state index in [1.807, 2.05) is 31.3 Å². The standard InChI is InChI=1S/C17H14N4O3/c1-20-15-5-3-2-4-13(15)10-16(20)17(22)19-18-11-12-6-8-14(9-7-12)21(23)24/h2-11H,1H3,(H,19,22)/b18-11+. The Morgan fingerprint density at radius 1 is 1.21 bits per heavy atom. The highest BCUT2D eigenvalue weighted by atomic mass is 16.6. The number of para-hydroxylation sites is 1. The molecule has 3 aromatic rings. The van der Waals surface area contributed by atoms with Gasteiger partial charge in [-0.05, 0) is 29.8 Å². The third kappa shape index (κ3) is 3.00. The quantitative estimate of drug-likeness (QED) is 0.455. The Labute approximate surface area is 137 Å². The fourth-order valence-corrected chi connectivity index (χ4v) is 2.41. The molecule has 0 bridgehead atoms. The molecule has 0 unspecified atom stereocenters. The SMILES string of the molecule is Cn1c(C(=O)N/N=C/c2ccc([N+](=O)[O-])cc2)cc2ccccc21. The van der Waals surface area contributed by atoms with Crippen molar-refractivity contribution in [1.29, 1.82) is 0 Å². The van der Waals surface area contributed by atoms with E-state index in [-0.39, 0.29) is 11.6 Å². The smallest absolute Gasteiger partial charge is 0.287 e. The summed E-state index contributed by atoms with van der Waals surface area (Å²) in [5.74, 6) is -0.327. The molecule has 0 aliphatic carbocycles. The van der Waals surface area contributed by atoms with Gasteiger partial charge in [-0.3, -0.25) is 14.9 Å². The van der Waals surface area contributed by atoms with Crippen LogP contribution in [0.3, 0.4) is 0 Å². The number of rotatable bonds is 4. The largest absolute Gasteiger partial charge is 0.340 e. The maximum absolute atomic E-state index is 12.2. The third-order valence-electron chi connectivity index (χ3n) is 3.67. The number of non-ortho nitro benzene ring substituents is 1. The summed E-state index contributed by atoms with van der Waals surface area (Å²) < 4.78 is 1.80. The monoisotopic (exact) mass is 322 g/mol. The molecule has 0 spiro atoms. The first kappa shape index (κ1) is 15.4. The van der Waals surface area contributed by atoms with Gasteiger partial charge in [0.25, 0.3) is 11.6 Å². The van der Waals surface area contributed by atoms with Crippen LogP contribution in [0, 0.1) is 10.1 Å². The Balaban J connectivity index is 1.72. The Bertz CT molecular complexity index is 942. The van der Waals surface area contributed by atoms with Gasteiger partial charge in [-0.25, -0.2) is 5.43 Å². The molecule has 0 saturated heterocycles. The van der Waals surface area contributed by atoms with Crippen molar-refractivity contribution >= 4 is 28.7 Å². The van der Waals surface area contributed by atoms with Crippen LogP contribution < -0.4 is 5.43 Å². The molecule has 24 heavy (non-hydrogen) atoms. The van der Waals surface area contributed by atoms with Gasteiger partial charge in [-0.15, -0.1) is 0 Å². The fraction of sp³-hybridized carbons (Fsp3) is 0.0588. The number of hydrogen-bond donors (Lipinski definition) is 1. The maximum Gasteiger partial charge on any atom is 0.287 e. The summed E-state index contributed by atoms with van der Waals surface area (Å²) >= 11 is 0. The number of amides is 1. The Kier molecular flexibility index (Phi) is 4.07. The lowest BCUT2D eigenvalue weighted by Gasteiger charge is -2.02. The maximum atomic E-state index is 12.2. The van der Waals surface area contributed by atoms with Crippen molar-refractivity contribution < 1.29 is 9.72 Å². The predicted octanol–water partition coefficient (Wildman–Crippen LogP) is 2.85. The second-order valence-corrected chi connectivity index (χ2v) is 5.20. The van der Waals surface area contributed by atoms with Crippen molar-refractivity contribution in [2.75, 3.05) is 0 Å². The van der Waals surface area contributed by atoms with E-state index < -0.39 is 4.92 Å². The molecule has 1 amide bonds.